The van der Waals surface area contributed by atoms with Crippen molar-refractivity contribution in [2.75, 3.05) is 26.8 Å². The number of ether oxygens (including phenoxy) is 1. The van der Waals surface area contributed by atoms with Crippen LogP contribution < -0.4 is 10.6 Å². The number of nitrogens with zero attached hydrogens (tertiary/aromatic N) is 1. The Morgan fingerprint density at radius 2 is 1.95 bits per heavy atom. The van der Waals surface area contributed by atoms with Gasteiger partial charge < -0.3 is 15.4 Å². The monoisotopic (exact) mass is 421 g/mol. The second-order valence-electron chi connectivity index (χ2n) is 6.36. The van der Waals surface area contributed by atoms with E-state index in [0.717, 1.165) is 45.0 Å². The summed E-state index contributed by atoms with van der Waals surface area (Å²) in [6.45, 7) is 4.79. The Labute approximate surface area is 152 Å². The van der Waals surface area contributed by atoms with Crippen LogP contribution in [0.1, 0.15) is 51.9 Å². The largest absolute Gasteiger partial charge is 0.382 e. The van der Waals surface area contributed by atoms with Gasteiger partial charge in [-0.1, -0.05) is 25.0 Å². The summed E-state index contributed by atoms with van der Waals surface area (Å²) in [6, 6.07) is 0.513. The number of hydrogen-bond acceptors (Lipinski definition) is 2. The van der Waals surface area contributed by atoms with Crippen LogP contribution >= 0.6 is 24.0 Å². The summed E-state index contributed by atoms with van der Waals surface area (Å²) < 4.78 is 5.58. The molecule has 0 heterocycles. The molecule has 4 nitrogen and oxygen atoms in total. The van der Waals surface area contributed by atoms with Crippen LogP contribution in [0.3, 0.4) is 0 Å². The second-order valence-corrected chi connectivity index (χ2v) is 6.36. The van der Waals surface area contributed by atoms with Crippen molar-refractivity contribution in [3.05, 3.63) is 12.2 Å². The van der Waals surface area contributed by atoms with Gasteiger partial charge in [-0.05, 0) is 44.4 Å². The molecule has 0 saturated heterocycles. The smallest absolute Gasteiger partial charge is 0.191 e. The molecule has 0 aromatic carbocycles. The first-order chi connectivity index (χ1) is 10.3. The standard InChI is InChI=1S/C17H31N3O.HI/c1-3-21-13-12-17(10-6-7-11-17)14-19-16(18-2)20-15-8-4-5-9-15;/h4-5,15H,3,6-14H2,1-2H3,(H2,18,19,20);1H. The van der Waals surface area contributed by atoms with Crippen molar-refractivity contribution < 1.29 is 4.74 Å². The summed E-state index contributed by atoms with van der Waals surface area (Å²) in [6.07, 6.45) is 13.2. The number of nitrogens with one attached hydrogen (secondary N) is 2. The first-order valence-corrected chi connectivity index (χ1v) is 8.48. The van der Waals surface area contributed by atoms with E-state index in [2.05, 4.69) is 34.7 Å². The van der Waals surface area contributed by atoms with E-state index >= 15 is 0 Å². The molecule has 2 aliphatic carbocycles. The van der Waals surface area contributed by atoms with Crippen molar-refractivity contribution in [3.63, 3.8) is 0 Å². The molecule has 2 rings (SSSR count). The second kappa shape index (κ2) is 10.5. The minimum Gasteiger partial charge on any atom is -0.382 e. The van der Waals surface area contributed by atoms with Crippen LogP contribution in [-0.4, -0.2) is 38.8 Å². The van der Waals surface area contributed by atoms with E-state index in [4.69, 9.17) is 4.74 Å². The zero-order chi connectivity index (χ0) is 15.0. The molecule has 5 heteroatoms. The highest BCUT2D eigenvalue weighted by molar-refractivity contribution is 14.0. The maximum Gasteiger partial charge on any atom is 0.191 e. The van der Waals surface area contributed by atoms with Crippen LogP contribution in [0.15, 0.2) is 17.1 Å². The maximum atomic E-state index is 5.58. The van der Waals surface area contributed by atoms with E-state index in [1.807, 2.05) is 7.05 Å². The molecule has 1 saturated carbocycles. The van der Waals surface area contributed by atoms with Gasteiger partial charge in [0.25, 0.3) is 0 Å². The lowest BCUT2D eigenvalue weighted by Gasteiger charge is -2.30. The van der Waals surface area contributed by atoms with Gasteiger partial charge in [0.15, 0.2) is 5.96 Å². The fourth-order valence-electron chi connectivity index (χ4n) is 3.47. The van der Waals surface area contributed by atoms with Crippen molar-refractivity contribution in [1.82, 2.24) is 10.6 Å². The van der Waals surface area contributed by atoms with Crippen LogP contribution in [0.2, 0.25) is 0 Å². The Bertz CT molecular complexity index is 357. The van der Waals surface area contributed by atoms with E-state index in [9.17, 15) is 0 Å². The van der Waals surface area contributed by atoms with Crippen LogP contribution in [-0.2, 0) is 4.74 Å². The van der Waals surface area contributed by atoms with Crippen LogP contribution in [0.4, 0.5) is 0 Å². The number of aliphatic imine (C=N–C) groups is 1. The molecule has 0 aromatic rings. The van der Waals surface area contributed by atoms with Gasteiger partial charge in [-0.15, -0.1) is 24.0 Å². The van der Waals surface area contributed by atoms with Crippen molar-refractivity contribution >= 4 is 29.9 Å². The number of hydrogen-bond donors (Lipinski definition) is 2. The molecular formula is C17H32IN3O. The van der Waals surface area contributed by atoms with Gasteiger partial charge in [-0.25, -0.2) is 0 Å². The molecule has 0 spiro atoms. The van der Waals surface area contributed by atoms with E-state index in [1.54, 1.807) is 0 Å². The van der Waals surface area contributed by atoms with Crippen LogP contribution in [0.25, 0.3) is 0 Å². The topological polar surface area (TPSA) is 45.6 Å². The van der Waals surface area contributed by atoms with Crippen molar-refractivity contribution in [3.8, 4) is 0 Å². The lowest BCUT2D eigenvalue weighted by Crippen LogP contribution is -2.46. The van der Waals surface area contributed by atoms with Gasteiger partial charge >= 0.3 is 0 Å². The molecule has 0 bridgehead atoms. The molecule has 128 valence electrons. The Balaban J connectivity index is 0.00000242. The summed E-state index contributed by atoms with van der Waals surface area (Å²) in [7, 11) is 1.86. The highest BCUT2D eigenvalue weighted by Crippen LogP contribution is 2.40. The van der Waals surface area contributed by atoms with Crippen LogP contribution in [0, 0.1) is 5.41 Å². The van der Waals surface area contributed by atoms with E-state index in [-0.39, 0.29) is 24.0 Å². The molecule has 0 radical (unpaired) electrons. The number of rotatable bonds is 7. The molecule has 0 aliphatic heterocycles. The van der Waals surface area contributed by atoms with E-state index in [0.29, 0.717) is 11.5 Å². The first-order valence-electron chi connectivity index (χ1n) is 8.48. The fraction of sp³-hybridized carbons (Fsp3) is 0.824. The van der Waals surface area contributed by atoms with Gasteiger partial charge in [0.1, 0.15) is 0 Å². The normalized spacial score (nSPS) is 20.9. The summed E-state index contributed by atoms with van der Waals surface area (Å²) in [4.78, 5) is 4.38. The van der Waals surface area contributed by atoms with Gasteiger partial charge in [0.05, 0.1) is 0 Å². The van der Waals surface area contributed by atoms with Gasteiger partial charge in [0, 0.05) is 32.8 Å². The minimum atomic E-state index is 0. The molecule has 0 unspecified atom stereocenters. The third kappa shape index (κ3) is 6.07. The summed E-state index contributed by atoms with van der Waals surface area (Å²) in [5, 5.41) is 7.08. The zero-order valence-electron chi connectivity index (χ0n) is 14.1. The average Bonchev–Trinajstić information content (AvgIpc) is 3.16. The SMILES string of the molecule is CCOCCC1(CNC(=NC)NC2CC=CC2)CCCC1.I. The summed E-state index contributed by atoms with van der Waals surface area (Å²) in [5.74, 6) is 0.950. The molecule has 2 N–H and O–H groups in total. The molecular weight excluding hydrogens is 389 g/mol. The molecule has 22 heavy (non-hydrogen) atoms. The lowest BCUT2D eigenvalue weighted by atomic mass is 9.83. The molecule has 1 fully saturated rings. The molecule has 0 aromatic heterocycles. The van der Waals surface area contributed by atoms with Crippen LogP contribution in [0.5, 0.6) is 0 Å². The Hall–Kier alpha value is -0.300. The number of guanidine groups is 1. The number of halogens is 1. The van der Waals surface area contributed by atoms with Gasteiger partial charge in [-0.3, -0.25) is 4.99 Å². The van der Waals surface area contributed by atoms with E-state index in [1.165, 1.54) is 25.7 Å². The average molecular weight is 421 g/mol. The van der Waals surface area contributed by atoms with Crippen molar-refractivity contribution in [1.29, 1.82) is 0 Å². The van der Waals surface area contributed by atoms with E-state index < -0.39 is 0 Å². The molecule has 0 amide bonds. The first kappa shape index (κ1) is 19.7. The van der Waals surface area contributed by atoms with Crippen molar-refractivity contribution in [2.45, 2.75) is 57.9 Å². The highest BCUT2D eigenvalue weighted by atomic mass is 127. The molecule has 2 aliphatic rings. The highest BCUT2D eigenvalue weighted by Gasteiger charge is 2.33. The van der Waals surface area contributed by atoms with Gasteiger partial charge in [-0.2, -0.15) is 0 Å². The minimum absolute atomic E-state index is 0. The molecule has 0 atom stereocenters. The Morgan fingerprint density at radius 3 is 2.55 bits per heavy atom. The summed E-state index contributed by atoms with van der Waals surface area (Å²) >= 11 is 0. The lowest BCUT2D eigenvalue weighted by molar-refractivity contribution is 0.105. The predicted octanol–water partition coefficient (Wildman–Crippen LogP) is 3.48. The summed E-state index contributed by atoms with van der Waals surface area (Å²) in [5.41, 5.74) is 0.403. The quantitative estimate of drug-likeness (QED) is 0.218. The van der Waals surface area contributed by atoms with Gasteiger partial charge in [0.2, 0.25) is 0 Å². The van der Waals surface area contributed by atoms with Crippen molar-refractivity contribution in [2.24, 2.45) is 10.4 Å². The zero-order valence-corrected chi connectivity index (χ0v) is 16.4. The fourth-order valence-corrected chi connectivity index (χ4v) is 3.47. The third-order valence-electron chi connectivity index (χ3n) is 4.85. The predicted molar refractivity (Wildman–Crippen MR) is 104 cm³/mol. The Morgan fingerprint density at radius 1 is 1.27 bits per heavy atom. The maximum absolute atomic E-state index is 5.58. The third-order valence-corrected chi connectivity index (χ3v) is 4.85. The Kier molecular flexibility index (Phi) is 9.40.